The maximum Gasteiger partial charge on any atom is 0.228 e. The number of nitrogens with zero attached hydrogens (tertiary/aromatic N) is 1. The van der Waals surface area contributed by atoms with Gasteiger partial charge in [-0.25, -0.2) is 0 Å². The highest BCUT2D eigenvalue weighted by atomic mass is 16.5. The van der Waals surface area contributed by atoms with E-state index in [1.165, 1.54) is 0 Å². The van der Waals surface area contributed by atoms with Crippen LogP contribution in [0.15, 0.2) is 0 Å². The predicted molar refractivity (Wildman–Crippen MR) is 61.9 cm³/mol. The highest BCUT2D eigenvalue weighted by Gasteiger charge is 2.37. The predicted octanol–water partition coefficient (Wildman–Crippen LogP) is 0.607. The first-order chi connectivity index (χ1) is 7.61. The number of carbonyl (C=O) groups excluding carboxylic acids is 1. The third-order valence-electron chi connectivity index (χ3n) is 3.83. The first kappa shape index (κ1) is 11.9. The molecule has 2 fully saturated rings. The van der Waals surface area contributed by atoms with Crippen molar-refractivity contribution in [2.75, 3.05) is 19.7 Å². The number of likely N-dealkylation sites (tertiary alicyclic amines) is 1. The van der Waals surface area contributed by atoms with Crippen LogP contribution in [-0.4, -0.2) is 42.6 Å². The summed E-state index contributed by atoms with van der Waals surface area (Å²) in [6, 6.07) is 0.344. The Bertz CT molecular complexity index is 270. The molecule has 2 rings (SSSR count). The van der Waals surface area contributed by atoms with Crippen LogP contribution in [0.2, 0.25) is 0 Å². The Morgan fingerprint density at radius 2 is 2.19 bits per heavy atom. The molecule has 1 amide bonds. The minimum absolute atomic E-state index is 0.0778. The molecule has 0 radical (unpaired) electrons. The summed E-state index contributed by atoms with van der Waals surface area (Å²) in [6.07, 6.45) is 2.15. The number of amides is 1. The molecular weight excluding hydrogens is 204 g/mol. The summed E-state index contributed by atoms with van der Waals surface area (Å²) in [5.41, 5.74) is 5.67. The van der Waals surface area contributed by atoms with Gasteiger partial charge in [-0.1, -0.05) is 0 Å². The summed E-state index contributed by atoms with van der Waals surface area (Å²) in [6.45, 7) is 6.26. The standard InChI is InChI=1S/C12H22N2O2/c1-8-3-10(5-13)6-14(8)12(15)11-4-9(2)16-7-11/h8-11H,3-7,13H2,1-2H3. The van der Waals surface area contributed by atoms with Crippen molar-refractivity contribution in [3.8, 4) is 0 Å². The topological polar surface area (TPSA) is 55.6 Å². The molecular formula is C12H22N2O2. The van der Waals surface area contributed by atoms with Gasteiger partial charge in [0, 0.05) is 12.6 Å². The molecule has 2 aliphatic rings. The summed E-state index contributed by atoms with van der Waals surface area (Å²) < 4.78 is 5.46. The molecule has 0 bridgehead atoms. The van der Waals surface area contributed by atoms with Crippen molar-refractivity contribution >= 4 is 5.91 Å². The lowest BCUT2D eigenvalue weighted by molar-refractivity contribution is -0.136. The van der Waals surface area contributed by atoms with Crippen molar-refractivity contribution < 1.29 is 9.53 Å². The molecule has 0 saturated carbocycles. The summed E-state index contributed by atoms with van der Waals surface area (Å²) in [4.78, 5) is 14.3. The number of hydrogen-bond donors (Lipinski definition) is 1. The van der Waals surface area contributed by atoms with E-state index in [4.69, 9.17) is 10.5 Å². The zero-order valence-electron chi connectivity index (χ0n) is 10.2. The van der Waals surface area contributed by atoms with Gasteiger partial charge in [-0.2, -0.15) is 0 Å². The van der Waals surface area contributed by atoms with Crippen LogP contribution in [0, 0.1) is 11.8 Å². The molecule has 4 nitrogen and oxygen atoms in total. The largest absolute Gasteiger partial charge is 0.378 e. The molecule has 0 spiro atoms. The second-order valence-corrected chi connectivity index (χ2v) is 5.25. The quantitative estimate of drug-likeness (QED) is 0.750. The highest BCUT2D eigenvalue weighted by Crippen LogP contribution is 2.28. The fourth-order valence-electron chi connectivity index (χ4n) is 2.84. The lowest BCUT2D eigenvalue weighted by Gasteiger charge is -2.24. The second kappa shape index (κ2) is 4.72. The molecule has 4 unspecified atom stereocenters. The molecule has 2 N–H and O–H groups in total. The van der Waals surface area contributed by atoms with E-state index in [0.717, 1.165) is 19.4 Å². The van der Waals surface area contributed by atoms with Crippen LogP contribution in [0.1, 0.15) is 26.7 Å². The molecule has 4 atom stereocenters. The third kappa shape index (κ3) is 2.23. The Morgan fingerprint density at radius 1 is 1.44 bits per heavy atom. The molecule has 2 saturated heterocycles. The first-order valence-corrected chi connectivity index (χ1v) is 6.24. The smallest absolute Gasteiger partial charge is 0.228 e. The van der Waals surface area contributed by atoms with Gasteiger partial charge in [-0.15, -0.1) is 0 Å². The van der Waals surface area contributed by atoms with Gasteiger partial charge in [0.25, 0.3) is 0 Å². The van der Waals surface area contributed by atoms with Crippen LogP contribution in [-0.2, 0) is 9.53 Å². The SMILES string of the molecule is CC1CC(C(=O)N2CC(CN)CC2C)CO1. The molecule has 2 heterocycles. The minimum atomic E-state index is 0.0778. The van der Waals surface area contributed by atoms with Crippen molar-refractivity contribution in [3.05, 3.63) is 0 Å². The fraction of sp³-hybridized carbons (Fsp3) is 0.917. The van der Waals surface area contributed by atoms with Gasteiger partial charge in [-0.3, -0.25) is 4.79 Å². The molecule has 92 valence electrons. The number of nitrogens with two attached hydrogens (primary N) is 1. The molecule has 0 aromatic heterocycles. The van der Waals surface area contributed by atoms with E-state index >= 15 is 0 Å². The van der Waals surface area contributed by atoms with Gasteiger partial charge in [0.1, 0.15) is 0 Å². The maximum absolute atomic E-state index is 12.3. The van der Waals surface area contributed by atoms with Crippen molar-refractivity contribution in [1.29, 1.82) is 0 Å². The van der Waals surface area contributed by atoms with E-state index in [1.54, 1.807) is 0 Å². The van der Waals surface area contributed by atoms with Crippen LogP contribution >= 0.6 is 0 Å². The Kier molecular flexibility index (Phi) is 3.50. The molecule has 0 aliphatic carbocycles. The number of hydrogen-bond acceptors (Lipinski definition) is 3. The van der Waals surface area contributed by atoms with E-state index < -0.39 is 0 Å². The normalized spacial score (nSPS) is 39.3. The molecule has 2 aliphatic heterocycles. The van der Waals surface area contributed by atoms with Gasteiger partial charge in [0.05, 0.1) is 18.6 Å². The Hall–Kier alpha value is -0.610. The van der Waals surface area contributed by atoms with Crippen molar-refractivity contribution in [2.24, 2.45) is 17.6 Å². The van der Waals surface area contributed by atoms with Gasteiger partial charge in [0.15, 0.2) is 0 Å². The van der Waals surface area contributed by atoms with Gasteiger partial charge in [-0.05, 0) is 39.2 Å². The van der Waals surface area contributed by atoms with E-state index in [0.29, 0.717) is 25.1 Å². The summed E-state index contributed by atoms with van der Waals surface area (Å²) in [5.74, 6) is 0.834. The second-order valence-electron chi connectivity index (χ2n) is 5.25. The van der Waals surface area contributed by atoms with Gasteiger partial charge < -0.3 is 15.4 Å². The average molecular weight is 226 g/mol. The average Bonchev–Trinajstić information content (AvgIpc) is 2.83. The Labute approximate surface area is 97.1 Å². The molecule has 0 aromatic carbocycles. The van der Waals surface area contributed by atoms with Crippen LogP contribution < -0.4 is 5.73 Å². The summed E-state index contributed by atoms with van der Waals surface area (Å²) >= 11 is 0. The highest BCUT2D eigenvalue weighted by molar-refractivity contribution is 5.80. The van der Waals surface area contributed by atoms with Crippen LogP contribution in [0.4, 0.5) is 0 Å². The van der Waals surface area contributed by atoms with E-state index in [2.05, 4.69) is 6.92 Å². The Balaban J connectivity index is 1.94. The van der Waals surface area contributed by atoms with Crippen molar-refractivity contribution in [2.45, 2.75) is 38.8 Å². The third-order valence-corrected chi connectivity index (χ3v) is 3.83. The minimum Gasteiger partial charge on any atom is -0.378 e. The van der Waals surface area contributed by atoms with Crippen molar-refractivity contribution in [1.82, 2.24) is 4.90 Å². The number of rotatable bonds is 2. The lowest BCUT2D eigenvalue weighted by Crippen LogP contribution is -2.39. The molecule has 4 heteroatoms. The summed E-state index contributed by atoms with van der Waals surface area (Å²) in [7, 11) is 0. The first-order valence-electron chi connectivity index (χ1n) is 6.24. The van der Waals surface area contributed by atoms with E-state index in [9.17, 15) is 4.79 Å². The zero-order chi connectivity index (χ0) is 11.7. The monoisotopic (exact) mass is 226 g/mol. The van der Waals surface area contributed by atoms with Crippen LogP contribution in [0.5, 0.6) is 0 Å². The number of carbonyl (C=O) groups is 1. The fourth-order valence-corrected chi connectivity index (χ4v) is 2.84. The Morgan fingerprint density at radius 3 is 2.69 bits per heavy atom. The lowest BCUT2D eigenvalue weighted by atomic mass is 10.0. The maximum atomic E-state index is 12.3. The van der Waals surface area contributed by atoms with Crippen LogP contribution in [0.3, 0.4) is 0 Å². The number of ether oxygens (including phenoxy) is 1. The zero-order valence-corrected chi connectivity index (χ0v) is 10.2. The van der Waals surface area contributed by atoms with Crippen LogP contribution in [0.25, 0.3) is 0 Å². The van der Waals surface area contributed by atoms with Crippen molar-refractivity contribution in [3.63, 3.8) is 0 Å². The summed E-state index contributed by atoms with van der Waals surface area (Å²) in [5, 5.41) is 0. The molecule has 16 heavy (non-hydrogen) atoms. The van der Waals surface area contributed by atoms with Gasteiger partial charge >= 0.3 is 0 Å². The van der Waals surface area contributed by atoms with Gasteiger partial charge in [0.2, 0.25) is 5.91 Å². The van der Waals surface area contributed by atoms with E-state index in [1.807, 2.05) is 11.8 Å². The molecule has 0 aromatic rings. The van der Waals surface area contributed by atoms with E-state index in [-0.39, 0.29) is 17.9 Å².